The second-order valence-electron chi connectivity index (χ2n) is 6.09. The molecular weight excluding hydrogens is 372 g/mol. The number of hydrogen-bond acceptors (Lipinski definition) is 6. The molecule has 1 aromatic carbocycles. The molecule has 9 heteroatoms. The number of carboxylic acids is 3. The van der Waals surface area contributed by atoms with Crippen LogP contribution in [-0.2, 0) is 9.59 Å². The lowest BCUT2D eigenvalue weighted by Gasteiger charge is -2.41. The fourth-order valence-electron chi connectivity index (χ4n) is 2.12. The van der Waals surface area contributed by atoms with Gasteiger partial charge in [-0.05, 0) is 12.1 Å². The van der Waals surface area contributed by atoms with Gasteiger partial charge in [-0.2, -0.15) is 0 Å². The first-order valence-electron chi connectivity index (χ1n) is 8.02. The van der Waals surface area contributed by atoms with E-state index < -0.39 is 48.6 Å². The van der Waals surface area contributed by atoms with E-state index in [4.69, 9.17) is 15.3 Å². The Balaban J connectivity index is 0.000000668. The van der Waals surface area contributed by atoms with Crippen molar-refractivity contribution < 1.29 is 45.0 Å². The Bertz CT molecular complexity index is 679. The topological polar surface area (TPSA) is 173 Å². The van der Waals surface area contributed by atoms with Crippen molar-refractivity contribution in [1.82, 2.24) is 0 Å². The lowest BCUT2D eigenvalue weighted by atomic mass is 9.65. The number of aliphatic hydroxyl groups is 3. The third kappa shape index (κ3) is 7.31. The van der Waals surface area contributed by atoms with Crippen molar-refractivity contribution >= 4 is 17.9 Å². The van der Waals surface area contributed by atoms with Crippen molar-refractivity contribution in [3.8, 4) is 0 Å². The predicted molar refractivity (Wildman–Crippen MR) is 98.8 cm³/mol. The summed E-state index contributed by atoms with van der Waals surface area (Å²) in [5.74, 6) is -3.46. The second-order valence-corrected chi connectivity index (χ2v) is 6.09. The van der Waals surface area contributed by atoms with Gasteiger partial charge < -0.3 is 30.6 Å². The molecule has 0 aromatic heterocycles. The van der Waals surface area contributed by atoms with Gasteiger partial charge in [0.05, 0.1) is 25.4 Å². The molecule has 0 unspecified atom stereocenters. The van der Waals surface area contributed by atoms with Crippen LogP contribution in [0.15, 0.2) is 54.6 Å². The van der Waals surface area contributed by atoms with Gasteiger partial charge in [0.25, 0.3) is 0 Å². The predicted octanol–water partition coefficient (Wildman–Crippen LogP) is 0.622. The number of carboxylic acid groups (broad SMARTS) is 3. The summed E-state index contributed by atoms with van der Waals surface area (Å²) in [4.78, 5) is 31.3. The average Bonchev–Trinajstić information content (AvgIpc) is 2.68. The van der Waals surface area contributed by atoms with Crippen molar-refractivity contribution in [2.24, 2.45) is 10.8 Å². The van der Waals surface area contributed by atoms with Gasteiger partial charge in [-0.15, -0.1) is 0 Å². The standard InChI is InChI=1S/C12H18O7.C7H6O2/c1-11(6-13,7-14)12(8-15,4-2-9(16)17)5-3-10(18)19;8-7(9)6-4-2-1-3-5-6/h2-5,13-15H,6-8H2,1H3,(H,16,17)(H,18,19);1-5H,(H,8,9). The summed E-state index contributed by atoms with van der Waals surface area (Å²) in [5.41, 5.74) is -2.50. The van der Waals surface area contributed by atoms with Crippen molar-refractivity contribution in [3.63, 3.8) is 0 Å². The Morgan fingerprint density at radius 2 is 1.25 bits per heavy atom. The van der Waals surface area contributed by atoms with Crippen LogP contribution in [0.2, 0.25) is 0 Å². The van der Waals surface area contributed by atoms with Crippen LogP contribution < -0.4 is 0 Å². The van der Waals surface area contributed by atoms with E-state index in [0.29, 0.717) is 5.56 Å². The monoisotopic (exact) mass is 396 g/mol. The summed E-state index contributed by atoms with van der Waals surface area (Å²) in [6, 6.07) is 8.30. The number of aliphatic hydroxyl groups excluding tert-OH is 3. The van der Waals surface area contributed by atoms with Crippen LogP contribution in [0.3, 0.4) is 0 Å². The minimum Gasteiger partial charge on any atom is -0.478 e. The smallest absolute Gasteiger partial charge is 0.335 e. The molecule has 1 rings (SSSR count). The number of aliphatic carboxylic acids is 2. The van der Waals surface area contributed by atoms with Gasteiger partial charge in [0.15, 0.2) is 0 Å². The molecule has 0 aliphatic rings. The Labute approximate surface area is 161 Å². The van der Waals surface area contributed by atoms with Gasteiger partial charge in [0, 0.05) is 23.0 Å². The molecule has 0 saturated carbocycles. The average molecular weight is 396 g/mol. The molecule has 1 aromatic rings. The van der Waals surface area contributed by atoms with Gasteiger partial charge in [0.2, 0.25) is 0 Å². The van der Waals surface area contributed by atoms with Gasteiger partial charge in [0.1, 0.15) is 0 Å². The van der Waals surface area contributed by atoms with Crippen LogP contribution in [0.1, 0.15) is 17.3 Å². The van der Waals surface area contributed by atoms with E-state index in [0.717, 1.165) is 24.3 Å². The first kappa shape index (κ1) is 25.0. The molecule has 0 saturated heterocycles. The van der Waals surface area contributed by atoms with E-state index in [-0.39, 0.29) is 0 Å². The second kappa shape index (κ2) is 11.7. The molecule has 0 radical (unpaired) electrons. The van der Waals surface area contributed by atoms with Crippen molar-refractivity contribution in [2.75, 3.05) is 19.8 Å². The first-order chi connectivity index (χ1) is 13.1. The summed E-state index contributed by atoms with van der Waals surface area (Å²) in [6.07, 6.45) is 3.57. The van der Waals surface area contributed by atoms with E-state index >= 15 is 0 Å². The van der Waals surface area contributed by atoms with E-state index in [1.54, 1.807) is 30.3 Å². The summed E-state index contributed by atoms with van der Waals surface area (Å²) in [5, 5.41) is 53.8. The number of carbonyl (C=O) groups is 3. The lowest BCUT2D eigenvalue weighted by molar-refractivity contribution is -0.132. The zero-order valence-electron chi connectivity index (χ0n) is 15.2. The number of benzene rings is 1. The summed E-state index contributed by atoms with van der Waals surface area (Å²) in [6.45, 7) is -0.407. The Morgan fingerprint density at radius 3 is 1.50 bits per heavy atom. The van der Waals surface area contributed by atoms with Gasteiger partial charge in [-0.1, -0.05) is 37.3 Å². The molecule has 0 heterocycles. The van der Waals surface area contributed by atoms with Gasteiger partial charge in [-0.3, -0.25) is 0 Å². The third-order valence-electron chi connectivity index (χ3n) is 4.15. The van der Waals surface area contributed by atoms with E-state index in [1.807, 2.05) is 0 Å². The highest BCUT2D eigenvalue weighted by molar-refractivity contribution is 5.87. The number of hydrogen-bond donors (Lipinski definition) is 6. The molecule has 9 nitrogen and oxygen atoms in total. The van der Waals surface area contributed by atoms with Crippen molar-refractivity contribution in [3.05, 3.63) is 60.2 Å². The van der Waals surface area contributed by atoms with Crippen LogP contribution in [0.25, 0.3) is 0 Å². The molecule has 0 spiro atoms. The molecule has 0 bridgehead atoms. The highest BCUT2D eigenvalue weighted by Gasteiger charge is 2.44. The minimum absolute atomic E-state index is 0.331. The number of aromatic carboxylic acids is 1. The zero-order chi connectivity index (χ0) is 21.8. The van der Waals surface area contributed by atoms with Crippen molar-refractivity contribution in [1.29, 1.82) is 0 Å². The molecular formula is C19H24O9. The van der Waals surface area contributed by atoms with E-state index in [2.05, 4.69) is 0 Å². The van der Waals surface area contributed by atoms with Gasteiger partial charge in [-0.25, -0.2) is 14.4 Å². The summed E-state index contributed by atoms with van der Waals surface area (Å²) < 4.78 is 0. The third-order valence-corrected chi connectivity index (χ3v) is 4.15. The normalized spacial score (nSPS) is 13.6. The highest BCUT2D eigenvalue weighted by Crippen LogP contribution is 2.41. The number of rotatable bonds is 9. The maximum absolute atomic E-state index is 10.6. The maximum atomic E-state index is 10.6. The Morgan fingerprint density at radius 1 is 0.821 bits per heavy atom. The fraction of sp³-hybridized carbons (Fsp3) is 0.316. The molecule has 0 atom stereocenters. The first-order valence-corrected chi connectivity index (χ1v) is 8.02. The molecule has 6 N–H and O–H groups in total. The summed E-state index contributed by atoms with van der Waals surface area (Å²) in [7, 11) is 0. The highest BCUT2D eigenvalue weighted by atomic mass is 16.4. The maximum Gasteiger partial charge on any atom is 0.335 e. The van der Waals surface area contributed by atoms with Crippen LogP contribution in [-0.4, -0.2) is 68.4 Å². The van der Waals surface area contributed by atoms with Crippen LogP contribution in [0, 0.1) is 10.8 Å². The molecule has 0 fully saturated rings. The van der Waals surface area contributed by atoms with Crippen molar-refractivity contribution in [2.45, 2.75) is 6.92 Å². The minimum atomic E-state index is -1.51. The lowest BCUT2D eigenvalue weighted by Crippen LogP contribution is -2.45. The Kier molecular flexibility index (Phi) is 10.4. The molecule has 0 amide bonds. The fourth-order valence-corrected chi connectivity index (χ4v) is 2.12. The molecule has 28 heavy (non-hydrogen) atoms. The zero-order valence-corrected chi connectivity index (χ0v) is 15.2. The van der Waals surface area contributed by atoms with Crippen LogP contribution >= 0.6 is 0 Å². The van der Waals surface area contributed by atoms with Crippen LogP contribution in [0.5, 0.6) is 0 Å². The van der Waals surface area contributed by atoms with Crippen LogP contribution in [0.4, 0.5) is 0 Å². The molecule has 154 valence electrons. The van der Waals surface area contributed by atoms with E-state index in [9.17, 15) is 29.7 Å². The van der Waals surface area contributed by atoms with Gasteiger partial charge >= 0.3 is 17.9 Å². The largest absolute Gasteiger partial charge is 0.478 e. The molecule has 0 aliphatic heterocycles. The molecule has 0 aliphatic carbocycles. The SMILES string of the molecule is CC(CO)(CO)C(C=CC(=O)O)(C=CC(=O)O)CO.O=C(O)c1ccccc1. The van der Waals surface area contributed by atoms with E-state index in [1.165, 1.54) is 6.92 Å². The quantitative estimate of drug-likeness (QED) is 0.327. The Hall–Kier alpha value is -3.01. The summed E-state index contributed by atoms with van der Waals surface area (Å²) >= 11 is 0.